The first-order valence-corrected chi connectivity index (χ1v) is 15.6. The Labute approximate surface area is 244 Å². The highest BCUT2D eigenvalue weighted by Crippen LogP contribution is 2.44. The Morgan fingerprint density at radius 2 is 1.57 bits per heavy atom. The zero-order chi connectivity index (χ0) is 30.8. The molecule has 7 heteroatoms. The molecule has 1 heterocycles. The molecule has 0 radical (unpaired) electrons. The van der Waals surface area contributed by atoms with Crippen molar-refractivity contribution in [3.63, 3.8) is 0 Å². The molecule has 0 spiro atoms. The summed E-state index contributed by atoms with van der Waals surface area (Å²) in [5.74, 6) is -0.164. The lowest BCUT2D eigenvalue weighted by atomic mass is 9.64. The number of aliphatic hydroxyl groups is 3. The van der Waals surface area contributed by atoms with E-state index in [1.165, 1.54) is 0 Å². The van der Waals surface area contributed by atoms with Crippen molar-refractivity contribution in [1.29, 1.82) is 0 Å². The highest BCUT2D eigenvalue weighted by atomic mass is 16.5. The fourth-order valence-electron chi connectivity index (χ4n) is 8.29. The highest BCUT2D eigenvalue weighted by molar-refractivity contribution is 5.89. The quantitative estimate of drug-likeness (QED) is 0.416. The molecule has 7 nitrogen and oxygen atoms in total. The third kappa shape index (κ3) is 7.75. The van der Waals surface area contributed by atoms with Gasteiger partial charge in [0.1, 0.15) is 11.9 Å². The maximum absolute atomic E-state index is 14.0. The Morgan fingerprint density at radius 3 is 2.10 bits per heavy atom. The van der Waals surface area contributed by atoms with Gasteiger partial charge in [0.2, 0.25) is 0 Å². The summed E-state index contributed by atoms with van der Waals surface area (Å²) in [7, 11) is 3.40. The Bertz CT molecular complexity index is 871. The predicted molar refractivity (Wildman–Crippen MR) is 162 cm³/mol. The second-order valence-corrected chi connectivity index (χ2v) is 14.6. The first-order chi connectivity index (χ1) is 18.3. The number of nitrogens with zero attached hydrogens (tertiary/aromatic N) is 1. The van der Waals surface area contributed by atoms with Gasteiger partial charge in [-0.3, -0.25) is 9.79 Å². The van der Waals surface area contributed by atoms with Crippen molar-refractivity contribution >= 4 is 11.5 Å². The second-order valence-electron chi connectivity index (χ2n) is 14.6. The summed E-state index contributed by atoms with van der Waals surface area (Å²) in [6.07, 6.45) is 1.51. The molecule has 4 unspecified atom stereocenters. The van der Waals surface area contributed by atoms with Gasteiger partial charge in [0.25, 0.3) is 0 Å². The molecule has 12 atom stereocenters. The van der Waals surface area contributed by atoms with Crippen LogP contribution in [0.25, 0.3) is 0 Å². The number of aliphatic hydroxyl groups excluding tert-OH is 2. The minimum atomic E-state index is -0.968. The summed E-state index contributed by atoms with van der Waals surface area (Å²) in [6, 6.07) is 0. The number of hydrogen-bond acceptors (Lipinski definition) is 7. The van der Waals surface area contributed by atoms with Gasteiger partial charge in [-0.25, -0.2) is 0 Å². The van der Waals surface area contributed by atoms with Crippen LogP contribution in [0.2, 0.25) is 0 Å². The van der Waals surface area contributed by atoms with Gasteiger partial charge in [0.05, 0.1) is 29.5 Å². The van der Waals surface area contributed by atoms with Gasteiger partial charge in [-0.05, 0) is 69.1 Å². The number of ether oxygens (including phenoxy) is 2. The van der Waals surface area contributed by atoms with Crippen LogP contribution in [-0.2, 0) is 14.3 Å². The Morgan fingerprint density at radius 1 is 0.975 bits per heavy atom. The van der Waals surface area contributed by atoms with Gasteiger partial charge in [0, 0.05) is 44.5 Å². The van der Waals surface area contributed by atoms with Gasteiger partial charge in [-0.1, -0.05) is 54.9 Å². The fourth-order valence-corrected chi connectivity index (χ4v) is 8.29. The van der Waals surface area contributed by atoms with E-state index in [4.69, 9.17) is 9.47 Å². The lowest BCUT2D eigenvalue weighted by Gasteiger charge is -2.46. The summed E-state index contributed by atoms with van der Waals surface area (Å²) < 4.78 is 12.0. The molecule has 2 fully saturated rings. The monoisotopic (exact) mass is 567 g/mol. The van der Waals surface area contributed by atoms with E-state index >= 15 is 0 Å². The van der Waals surface area contributed by atoms with Gasteiger partial charge < -0.3 is 24.8 Å². The summed E-state index contributed by atoms with van der Waals surface area (Å²) in [5, 5.41) is 34.0. The average molecular weight is 568 g/mol. The van der Waals surface area contributed by atoms with Gasteiger partial charge in [-0.2, -0.15) is 0 Å². The van der Waals surface area contributed by atoms with Crippen molar-refractivity contribution < 1.29 is 29.6 Å². The van der Waals surface area contributed by atoms with Crippen LogP contribution in [0.15, 0.2) is 4.99 Å². The number of carbonyl (C=O) groups is 1. The second kappa shape index (κ2) is 13.6. The van der Waals surface area contributed by atoms with Crippen LogP contribution in [-0.4, -0.2) is 76.6 Å². The number of methoxy groups -OCH3 is 1. The largest absolute Gasteiger partial charge is 0.392 e. The lowest BCUT2D eigenvalue weighted by molar-refractivity contribution is -0.218. The van der Waals surface area contributed by atoms with Crippen molar-refractivity contribution in [3.8, 4) is 0 Å². The van der Waals surface area contributed by atoms with E-state index in [0.717, 1.165) is 12.1 Å². The number of hydrogen-bond donors (Lipinski definition) is 3. The molecule has 0 bridgehead atoms. The van der Waals surface area contributed by atoms with Crippen LogP contribution < -0.4 is 0 Å². The Balaban J connectivity index is 2.51. The molecule has 40 heavy (non-hydrogen) atoms. The summed E-state index contributed by atoms with van der Waals surface area (Å²) >= 11 is 0. The van der Waals surface area contributed by atoms with Crippen LogP contribution in [0, 0.1) is 40.9 Å². The van der Waals surface area contributed by atoms with Crippen LogP contribution in [0.4, 0.5) is 0 Å². The molecule has 1 aliphatic carbocycles. The maximum atomic E-state index is 14.0. The van der Waals surface area contributed by atoms with Crippen molar-refractivity contribution in [3.05, 3.63) is 0 Å². The van der Waals surface area contributed by atoms with Crippen LogP contribution in [0.3, 0.4) is 0 Å². The first-order valence-electron chi connectivity index (χ1n) is 15.6. The number of rotatable bonds is 4. The van der Waals surface area contributed by atoms with Crippen molar-refractivity contribution in [1.82, 2.24) is 0 Å². The minimum Gasteiger partial charge on any atom is -0.392 e. The summed E-state index contributed by atoms with van der Waals surface area (Å²) in [5.41, 5.74) is -1.27. The van der Waals surface area contributed by atoms with Crippen molar-refractivity contribution in [2.45, 2.75) is 143 Å². The number of Topliss-reactive ketones (excluding diaryl/α,β-unsaturated/α-hetero) is 1. The normalized spacial score (nSPS) is 47.2. The molecule has 1 saturated heterocycles. The van der Waals surface area contributed by atoms with E-state index in [0.29, 0.717) is 32.1 Å². The maximum Gasteiger partial charge on any atom is 0.136 e. The molecule has 0 aromatic rings. The Hall–Kier alpha value is -0.860. The predicted octanol–water partition coefficient (Wildman–Crippen LogP) is 5.47. The van der Waals surface area contributed by atoms with Gasteiger partial charge in [0.15, 0.2) is 0 Å². The molecule has 1 aliphatic heterocycles. The minimum absolute atomic E-state index is 0.000372. The molecule has 3 N–H and O–H groups in total. The molecular weight excluding hydrogens is 506 g/mol. The lowest BCUT2D eigenvalue weighted by Crippen LogP contribution is -2.56. The van der Waals surface area contributed by atoms with Gasteiger partial charge >= 0.3 is 0 Å². The van der Waals surface area contributed by atoms with E-state index in [1.54, 1.807) is 14.2 Å². The third-order valence-corrected chi connectivity index (χ3v) is 11.0. The smallest absolute Gasteiger partial charge is 0.136 e. The van der Waals surface area contributed by atoms with Crippen molar-refractivity contribution in [2.75, 3.05) is 14.2 Å². The van der Waals surface area contributed by atoms with E-state index < -0.39 is 28.8 Å². The molecular formula is C33H61NO6. The van der Waals surface area contributed by atoms with Crippen LogP contribution in [0.1, 0.15) is 108 Å². The molecule has 2 rings (SSSR count). The fraction of sp³-hybridized carbons (Fsp3) is 0.939. The van der Waals surface area contributed by atoms with Gasteiger partial charge in [-0.15, -0.1) is 0 Å². The SMILES string of the molecule is CC[C@H]1CC(=O)C(C)[C@@H](C[C@H]2C[C@@](C)(OC)[C@@H](O)C(C)O2)[C@H](C)C[C@](C)(O)C[C@@H](C)C(=NC)C(C)C(O)C1(C)C. The standard InChI is InChI=1S/C33H61NO6/c1-13-24-14-27(35)21(4)26(15-25-18-33(10,39-12)30(37)23(6)40-25)19(2)16-32(9,38)17-20(3)28(34-11)22(5)29(36)31(24,7)8/h19-26,29-30,36-38H,13-18H2,1-12H3/t19-,20-,21?,22?,23?,24+,25+,26+,29?,30+,32+,33-/m1/s1. The highest BCUT2D eigenvalue weighted by Gasteiger charge is 2.47. The molecule has 0 aromatic carbocycles. The molecule has 234 valence electrons. The van der Waals surface area contributed by atoms with Crippen LogP contribution in [0.5, 0.6) is 0 Å². The van der Waals surface area contributed by atoms with E-state index in [-0.39, 0.29) is 53.5 Å². The Kier molecular flexibility index (Phi) is 12.0. The topological polar surface area (TPSA) is 109 Å². The number of aliphatic imine (C=N–C) groups is 1. The molecule has 1 saturated carbocycles. The molecule has 0 amide bonds. The number of ketones is 1. The van der Waals surface area contributed by atoms with E-state index in [9.17, 15) is 20.1 Å². The first kappa shape index (κ1) is 35.3. The van der Waals surface area contributed by atoms with E-state index in [2.05, 4.69) is 39.6 Å². The zero-order valence-corrected chi connectivity index (χ0v) is 27.5. The zero-order valence-electron chi connectivity index (χ0n) is 27.5. The number of carbonyl (C=O) groups excluding carboxylic acids is 1. The molecule has 0 aromatic heterocycles. The third-order valence-electron chi connectivity index (χ3n) is 11.0. The average Bonchev–Trinajstić information content (AvgIpc) is 2.86. The summed E-state index contributed by atoms with van der Waals surface area (Å²) in [4.78, 5) is 18.6. The molecule has 2 aliphatic rings. The van der Waals surface area contributed by atoms with E-state index in [1.807, 2.05) is 34.6 Å². The summed E-state index contributed by atoms with van der Waals surface area (Å²) in [6.45, 7) is 20.3. The van der Waals surface area contributed by atoms with Crippen molar-refractivity contribution in [2.24, 2.45) is 45.9 Å². The van der Waals surface area contributed by atoms with Crippen LogP contribution >= 0.6 is 0 Å².